The Labute approximate surface area is 83.7 Å². The predicted molar refractivity (Wildman–Crippen MR) is 58.6 cm³/mol. The van der Waals surface area contributed by atoms with Gasteiger partial charge in [0.25, 0.3) is 0 Å². The van der Waals surface area contributed by atoms with E-state index < -0.39 is 4.75 Å². The van der Waals surface area contributed by atoms with E-state index >= 15 is 0 Å². The highest BCUT2D eigenvalue weighted by Gasteiger charge is 2.29. The lowest BCUT2D eigenvalue weighted by Gasteiger charge is -2.27. The van der Waals surface area contributed by atoms with Gasteiger partial charge in [-0.25, -0.2) is 0 Å². The van der Waals surface area contributed by atoms with Crippen molar-refractivity contribution in [1.82, 2.24) is 5.32 Å². The maximum absolute atomic E-state index is 11.5. The zero-order valence-corrected chi connectivity index (χ0v) is 9.97. The highest BCUT2D eigenvalue weighted by Crippen LogP contribution is 2.28. The average Bonchev–Trinajstić information content (AvgIpc) is 1.84. The summed E-state index contributed by atoms with van der Waals surface area (Å²) in [6, 6.07) is 0. The number of hydrogen-bond acceptors (Lipinski definition) is 3. The van der Waals surface area contributed by atoms with Gasteiger partial charge in [0.2, 0.25) is 5.91 Å². The molecule has 1 N–H and O–H groups in total. The smallest absolute Gasteiger partial charge is 0.236 e. The summed E-state index contributed by atoms with van der Waals surface area (Å²) < 4.78 is -0.462. The highest BCUT2D eigenvalue weighted by atomic mass is 33.1. The van der Waals surface area contributed by atoms with Crippen molar-refractivity contribution in [1.29, 1.82) is 0 Å². The minimum absolute atomic E-state index is 0.0231. The predicted octanol–water partition coefficient (Wildman–Crippen LogP) is 2.26. The van der Waals surface area contributed by atoms with E-state index in [9.17, 15) is 4.79 Å². The molecule has 0 aliphatic heterocycles. The number of nitrogens with one attached hydrogen (secondary N) is 1. The van der Waals surface area contributed by atoms with E-state index in [1.165, 1.54) is 10.8 Å². The van der Waals surface area contributed by atoms with Crippen LogP contribution in [0, 0.1) is 0 Å². The van der Waals surface area contributed by atoms with Gasteiger partial charge in [-0.15, -0.1) is 11.7 Å². The normalized spacial score (nSPS) is 12.8. The van der Waals surface area contributed by atoms with Crippen molar-refractivity contribution < 1.29 is 4.79 Å². The number of hydrogen-bond donors (Lipinski definition) is 2. The van der Waals surface area contributed by atoms with Crippen LogP contribution in [0.25, 0.3) is 0 Å². The molecule has 0 aromatic heterocycles. The van der Waals surface area contributed by atoms with Gasteiger partial charge in [-0.05, 0) is 34.6 Å². The Morgan fingerprint density at radius 1 is 1.25 bits per heavy atom. The standard InChI is InChI=1S/C8H17NOS2/c1-7(2,3)9-6(10)8(4,5)12-11/h11H,1-5H3,(H,9,10). The molecule has 72 valence electrons. The number of carbonyl (C=O) groups excluding carboxylic acids is 1. The number of rotatable bonds is 2. The van der Waals surface area contributed by atoms with Crippen molar-refractivity contribution in [3.63, 3.8) is 0 Å². The van der Waals surface area contributed by atoms with Gasteiger partial charge >= 0.3 is 0 Å². The van der Waals surface area contributed by atoms with Crippen LogP contribution < -0.4 is 5.32 Å². The summed E-state index contributed by atoms with van der Waals surface area (Å²) in [5.41, 5.74) is -0.169. The molecule has 12 heavy (non-hydrogen) atoms. The summed E-state index contributed by atoms with van der Waals surface area (Å²) in [7, 11) is 1.26. The van der Waals surface area contributed by atoms with Gasteiger partial charge in [-0.1, -0.05) is 10.8 Å². The molecule has 0 aromatic rings. The monoisotopic (exact) mass is 207 g/mol. The second kappa shape index (κ2) is 3.92. The molecular formula is C8H17NOS2. The molecule has 0 radical (unpaired) electrons. The molecule has 0 rings (SSSR count). The molecule has 1 amide bonds. The molecular weight excluding hydrogens is 190 g/mol. The van der Waals surface area contributed by atoms with Crippen molar-refractivity contribution in [2.75, 3.05) is 0 Å². The molecule has 0 saturated carbocycles. The van der Waals surface area contributed by atoms with Crippen LogP contribution in [0.2, 0.25) is 0 Å². The Hall–Kier alpha value is 0.170. The fraction of sp³-hybridized carbons (Fsp3) is 0.875. The Balaban J connectivity index is 4.23. The lowest BCUT2D eigenvalue weighted by atomic mass is 10.1. The minimum atomic E-state index is -0.462. The van der Waals surface area contributed by atoms with Crippen LogP contribution in [0.15, 0.2) is 0 Å². The van der Waals surface area contributed by atoms with E-state index in [1.54, 1.807) is 0 Å². The van der Waals surface area contributed by atoms with Crippen molar-refractivity contribution in [3.05, 3.63) is 0 Å². The van der Waals surface area contributed by atoms with Crippen LogP contribution in [0.5, 0.6) is 0 Å². The van der Waals surface area contributed by atoms with Crippen LogP contribution in [0.4, 0.5) is 0 Å². The molecule has 0 aliphatic rings. The van der Waals surface area contributed by atoms with Crippen LogP contribution in [0.3, 0.4) is 0 Å². The summed E-state index contributed by atoms with van der Waals surface area (Å²) >= 11 is 4.05. The lowest BCUT2D eigenvalue weighted by Crippen LogP contribution is -2.48. The van der Waals surface area contributed by atoms with Gasteiger partial charge in [0.05, 0.1) is 4.75 Å². The van der Waals surface area contributed by atoms with Gasteiger partial charge in [-0.3, -0.25) is 4.79 Å². The fourth-order valence-electron chi connectivity index (χ4n) is 0.533. The lowest BCUT2D eigenvalue weighted by molar-refractivity contribution is -0.124. The molecule has 0 atom stereocenters. The van der Waals surface area contributed by atoms with Crippen LogP contribution >= 0.6 is 22.5 Å². The van der Waals surface area contributed by atoms with Gasteiger partial charge in [-0.2, -0.15) is 0 Å². The second-order valence-corrected chi connectivity index (χ2v) is 6.06. The second-order valence-electron chi connectivity index (χ2n) is 4.31. The van der Waals surface area contributed by atoms with Crippen LogP contribution in [0.1, 0.15) is 34.6 Å². The molecule has 0 bridgehead atoms. The Morgan fingerprint density at radius 2 is 1.67 bits per heavy atom. The van der Waals surface area contributed by atoms with E-state index in [-0.39, 0.29) is 11.4 Å². The topological polar surface area (TPSA) is 29.1 Å². The summed E-state index contributed by atoms with van der Waals surface area (Å²) in [4.78, 5) is 11.5. The van der Waals surface area contributed by atoms with Crippen LogP contribution in [-0.2, 0) is 4.79 Å². The SMILES string of the molecule is CC(C)(C)NC(=O)C(C)(C)SS. The fourth-order valence-corrected chi connectivity index (χ4v) is 0.915. The van der Waals surface area contributed by atoms with Gasteiger partial charge < -0.3 is 5.32 Å². The van der Waals surface area contributed by atoms with Crippen molar-refractivity contribution in [2.45, 2.75) is 44.9 Å². The largest absolute Gasteiger partial charge is 0.350 e. The van der Waals surface area contributed by atoms with E-state index in [0.717, 1.165) is 0 Å². The summed E-state index contributed by atoms with van der Waals surface area (Å²) in [6.07, 6.45) is 0. The Bertz CT molecular complexity index is 172. The zero-order chi connectivity index (χ0) is 9.99. The van der Waals surface area contributed by atoms with E-state index in [4.69, 9.17) is 0 Å². The third kappa shape index (κ3) is 4.26. The Kier molecular flexibility index (Phi) is 3.97. The number of carbonyl (C=O) groups is 1. The third-order valence-corrected chi connectivity index (χ3v) is 3.27. The first-order valence-corrected chi connectivity index (χ1v) is 5.71. The first kappa shape index (κ1) is 12.2. The minimum Gasteiger partial charge on any atom is -0.350 e. The summed E-state index contributed by atoms with van der Waals surface area (Å²) in [6.45, 7) is 9.59. The quantitative estimate of drug-likeness (QED) is 0.537. The van der Waals surface area contributed by atoms with Gasteiger partial charge in [0.1, 0.15) is 0 Å². The molecule has 2 nitrogen and oxygen atoms in total. The highest BCUT2D eigenvalue weighted by molar-refractivity contribution is 8.69. The van der Waals surface area contributed by atoms with Crippen molar-refractivity contribution in [3.8, 4) is 0 Å². The number of amides is 1. The van der Waals surface area contributed by atoms with E-state index in [0.29, 0.717) is 0 Å². The van der Waals surface area contributed by atoms with Crippen LogP contribution in [-0.4, -0.2) is 16.2 Å². The maximum atomic E-state index is 11.5. The summed E-state index contributed by atoms with van der Waals surface area (Å²) in [5.74, 6) is 0.0231. The summed E-state index contributed by atoms with van der Waals surface area (Å²) in [5, 5.41) is 2.90. The number of thiol groups is 1. The molecule has 0 aromatic carbocycles. The molecule has 0 heterocycles. The van der Waals surface area contributed by atoms with Gasteiger partial charge in [0, 0.05) is 5.54 Å². The van der Waals surface area contributed by atoms with Crippen molar-refractivity contribution >= 4 is 28.4 Å². The molecule has 0 spiro atoms. The first-order valence-electron chi connectivity index (χ1n) is 3.84. The molecule has 0 fully saturated rings. The maximum Gasteiger partial charge on any atom is 0.236 e. The van der Waals surface area contributed by atoms with Gasteiger partial charge in [0.15, 0.2) is 0 Å². The molecule has 0 unspecified atom stereocenters. The zero-order valence-electron chi connectivity index (χ0n) is 8.26. The van der Waals surface area contributed by atoms with Crippen molar-refractivity contribution in [2.24, 2.45) is 0 Å². The Morgan fingerprint density at radius 3 is 1.92 bits per heavy atom. The average molecular weight is 207 g/mol. The molecule has 4 heteroatoms. The molecule has 0 aliphatic carbocycles. The third-order valence-electron chi connectivity index (χ3n) is 1.26. The molecule has 0 saturated heterocycles. The van der Waals surface area contributed by atoms with E-state index in [2.05, 4.69) is 17.0 Å². The first-order chi connectivity index (χ1) is 5.19. The van der Waals surface area contributed by atoms with E-state index in [1.807, 2.05) is 34.6 Å².